The Labute approximate surface area is 300 Å². The fourth-order valence-electron chi connectivity index (χ4n) is 5.38. The van der Waals surface area contributed by atoms with Gasteiger partial charge >= 0.3 is 6.09 Å². The van der Waals surface area contributed by atoms with Crippen LogP contribution in [0.4, 0.5) is 4.79 Å². The van der Waals surface area contributed by atoms with E-state index in [1.165, 1.54) is 6.07 Å². The van der Waals surface area contributed by atoms with Crippen molar-refractivity contribution in [1.29, 1.82) is 0 Å². The summed E-state index contributed by atoms with van der Waals surface area (Å²) >= 11 is 0. The fraction of sp³-hybridized carbons (Fsp3) is 0.459. The number of carbonyl (C=O) groups is 4. The third-order valence-corrected chi connectivity index (χ3v) is 9.80. The van der Waals surface area contributed by atoms with Crippen molar-refractivity contribution in [3.63, 3.8) is 0 Å². The highest BCUT2D eigenvalue weighted by molar-refractivity contribution is 7.66. The lowest BCUT2D eigenvalue weighted by Crippen LogP contribution is -2.50. The zero-order valence-electron chi connectivity index (χ0n) is 30.3. The molecular formula is C37H51N4O9P. The van der Waals surface area contributed by atoms with Crippen LogP contribution in [0.1, 0.15) is 82.8 Å². The Morgan fingerprint density at radius 2 is 1.73 bits per heavy atom. The maximum absolute atomic E-state index is 13.7. The van der Waals surface area contributed by atoms with Gasteiger partial charge in [-0.25, -0.2) is 4.79 Å². The van der Waals surface area contributed by atoms with E-state index >= 15 is 0 Å². The van der Waals surface area contributed by atoms with Gasteiger partial charge in [0.25, 0.3) is 5.91 Å². The van der Waals surface area contributed by atoms with Crippen molar-refractivity contribution in [1.82, 2.24) is 21.0 Å². The number of benzene rings is 2. The quantitative estimate of drug-likeness (QED) is 0.0371. The Bertz CT molecular complexity index is 1630. The predicted octanol–water partition coefficient (Wildman–Crippen LogP) is 6.38. The summed E-state index contributed by atoms with van der Waals surface area (Å²) in [7, 11) is -3.28. The molecule has 3 N–H and O–H groups in total. The molecule has 2 aromatic carbocycles. The normalized spacial score (nSPS) is 13.4. The molecule has 0 saturated heterocycles. The number of hydrogen-bond acceptors (Lipinski definition) is 9. The first-order chi connectivity index (χ1) is 24.4. The number of hydroxylamine groups is 2. The molecule has 0 aliphatic rings. The molecule has 0 spiro atoms. The van der Waals surface area contributed by atoms with Gasteiger partial charge in [0.15, 0.2) is 5.76 Å². The van der Waals surface area contributed by atoms with Gasteiger partial charge in [0.2, 0.25) is 19.7 Å². The minimum Gasteiger partial charge on any atom is -0.494 e. The van der Waals surface area contributed by atoms with E-state index in [-0.39, 0.29) is 25.1 Å². The van der Waals surface area contributed by atoms with E-state index in [4.69, 9.17) is 18.5 Å². The van der Waals surface area contributed by atoms with E-state index in [1.54, 1.807) is 51.7 Å². The molecule has 0 saturated carbocycles. The van der Waals surface area contributed by atoms with E-state index in [0.717, 1.165) is 29.9 Å². The number of rotatable bonds is 21. The number of nitrogens with one attached hydrogen (secondary N) is 3. The van der Waals surface area contributed by atoms with Gasteiger partial charge in [0.1, 0.15) is 11.5 Å². The highest BCUT2D eigenvalue weighted by atomic mass is 31.2. The molecule has 1 aromatic heterocycles. The van der Waals surface area contributed by atoms with Crippen LogP contribution in [0.2, 0.25) is 0 Å². The molecule has 0 aliphatic carbocycles. The monoisotopic (exact) mass is 726 g/mol. The number of hydrogen-bond donors (Lipinski definition) is 3. The molecule has 51 heavy (non-hydrogen) atoms. The Hall–Kier alpha value is -4.61. The summed E-state index contributed by atoms with van der Waals surface area (Å²) in [6, 6.07) is 16.7. The topological polar surface area (TPSA) is 166 Å². The first-order valence-electron chi connectivity index (χ1n) is 17.3. The second-order valence-corrected chi connectivity index (χ2v) is 14.8. The number of carbonyl (C=O) groups excluding carboxylic acids is 4. The zero-order valence-corrected chi connectivity index (χ0v) is 31.2. The lowest BCUT2D eigenvalue weighted by Gasteiger charge is -2.32. The van der Waals surface area contributed by atoms with Crippen LogP contribution in [0.15, 0.2) is 65.1 Å². The molecule has 3 atom stereocenters. The molecule has 3 rings (SSSR count). The number of ether oxygens (including phenoxy) is 1. The van der Waals surface area contributed by atoms with Gasteiger partial charge in [0.05, 0.1) is 31.8 Å². The van der Waals surface area contributed by atoms with Crippen molar-refractivity contribution in [2.24, 2.45) is 5.92 Å². The smallest absolute Gasteiger partial charge is 0.431 e. The van der Waals surface area contributed by atoms with Crippen molar-refractivity contribution in [2.45, 2.75) is 85.4 Å². The summed E-state index contributed by atoms with van der Waals surface area (Å²) in [5.74, 6) is -0.885. The van der Waals surface area contributed by atoms with Crippen LogP contribution in [-0.4, -0.2) is 61.4 Å². The Morgan fingerprint density at radius 3 is 2.37 bits per heavy atom. The number of amides is 4. The van der Waals surface area contributed by atoms with E-state index in [2.05, 4.69) is 16.0 Å². The van der Waals surface area contributed by atoms with Crippen molar-refractivity contribution in [3.8, 4) is 17.1 Å². The number of furan rings is 1. The molecule has 3 aromatic rings. The third-order valence-electron chi connectivity index (χ3n) is 7.98. The lowest BCUT2D eigenvalue weighted by molar-refractivity contribution is -0.169. The standard InChI is InChI=1S/C37H51N4O9P/c1-7-10-12-17-31(32(8-2)41(25-42)50-37(45)40-26(4)5)35(43)38-24-39-36(44)34-19-18-33(49-34)28-20-29(47-9-3)22-30(21-28)51(6,46)48-23-27-15-13-11-14-16-27/h11,13-16,18-22,25-26,31-32H,7-10,12,17,23-24H2,1-6H3,(H,38,43)(H,39,44)(H,40,45)/t31-,32-,51?/m1/s1. The number of unbranched alkanes of at least 4 members (excludes halogenated alkanes) is 2. The molecule has 1 heterocycles. The molecule has 278 valence electrons. The van der Waals surface area contributed by atoms with Gasteiger partial charge in [-0.1, -0.05) is 63.4 Å². The Kier molecular flexibility index (Phi) is 16.2. The van der Waals surface area contributed by atoms with Crippen LogP contribution in [0, 0.1) is 5.92 Å². The molecule has 14 heteroatoms. The highest BCUT2D eigenvalue weighted by Gasteiger charge is 2.33. The number of nitrogens with zero attached hydrogens (tertiary/aromatic N) is 1. The van der Waals surface area contributed by atoms with Crippen molar-refractivity contribution >= 4 is 37.0 Å². The van der Waals surface area contributed by atoms with Crippen molar-refractivity contribution in [3.05, 3.63) is 72.0 Å². The summed E-state index contributed by atoms with van der Waals surface area (Å²) in [4.78, 5) is 55.9. The van der Waals surface area contributed by atoms with E-state index in [0.29, 0.717) is 48.2 Å². The zero-order chi connectivity index (χ0) is 37.4. The summed E-state index contributed by atoms with van der Waals surface area (Å²) in [5.41, 5.74) is 1.43. The minimum absolute atomic E-state index is 0.00903. The first-order valence-corrected chi connectivity index (χ1v) is 19.4. The van der Waals surface area contributed by atoms with Crippen molar-refractivity contribution in [2.75, 3.05) is 19.9 Å². The molecule has 13 nitrogen and oxygen atoms in total. The van der Waals surface area contributed by atoms with Crippen LogP contribution in [-0.2, 0) is 30.1 Å². The summed E-state index contributed by atoms with van der Waals surface area (Å²) in [6.07, 6.45) is 2.91. The van der Waals surface area contributed by atoms with Crippen LogP contribution < -0.4 is 26.0 Å². The third kappa shape index (κ3) is 12.6. The Morgan fingerprint density at radius 1 is 0.980 bits per heavy atom. The first kappa shape index (κ1) is 40.8. The van der Waals surface area contributed by atoms with E-state index in [1.807, 2.05) is 44.2 Å². The molecule has 4 amide bonds. The second-order valence-electron chi connectivity index (χ2n) is 12.4. The van der Waals surface area contributed by atoms with Gasteiger partial charge in [-0.2, -0.15) is 5.06 Å². The second kappa shape index (κ2) is 20.3. The van der Waals surface area contributed by atoms with E-state index < -0.39 is 37.2 Å². The average molecular weight is 727 g/mol. The van der Waals surface area contributed by atoms with Crippen LogP contribution in [0.3, 0.4) is 0 Å². The summed E-state index contributed by atoms with van der Waals surface area (Å²) in [6.45, 7) is 11.1. The van der Waals surface area contributed by atoms with Gasteiger partial charge in [-0.3, -0.25) is 18.9 Å². The minimum atomic E-state index is -3.28. The van der Waals surface area contributed by atoms with Crippen molar-refractivity contribution < 1.29 is 42.3 Å². The maximum Gasteiger partial charge on any atom is 0.431 e. The molecular weight excluding hydrogens is 675 g/mol. The van der Waals surface area contributed by atoms with Gasteiger partial charge < -0.3 is 34.5 Å². The maximum atomic E-state index is 13.7. The van der Waals surface area contributed by atoms with Gasteiger partial charge in [-0.15, -0.1) is 0 Å². The van der Waals surface area contributed by atoms with Crippen LogP contribution >= 0.6 is 7.37 Å². The molecule has 0 aliphatic heterocycles. The van der Waals surface area contributed by atoms with E-state index in [9.17, 15) is 23.7 Å². The fourth-order valence-corrected chi connectivity index (χ4v) is 6.66. The largest absolute Gasteiger partial charge is 0.494 e. The average Bonchev–Trinajstić information content (AvgIpc) is 3.61. The molecule has 0 radical (unpaired) electrons. The van der Waals surface area contributed by atoms with Gasteiger partial charge in [-0.05, 0) is 69.5 Å². The SMILES string of the molecule is CCCCC[C@@H](C(=O)NCNC(=O)c1ccc(-c2cc(OCC)cc(P(C)(=O)OCc3ccccc3)c2)o1)[C@@H](CC)N(C=O)OC(=O)NC(C)C. The van der Waals surface area contributed by atoms with Crippen LogP contribution in [0.25, 0.3) is 11.3 Å². The highest BCUT2D eigenvalue weighted by Crippen LogP contribution is 2.44. The predicted molar refractivity (Wildman–Crippen MR) is 195 cm³/mol. The summed E-state index contributed by atoms with van der Waals surface area (Å²) < 4.78 is 31.2. The molecule has 0 bridgehead atoms. The summed E-state index contributed by atoms with van der Waals surface area (Å²) in [5, 5.41) is 9.25. The van der Waals surface area contributed by atoms with Crippen LogP contribution in [0.5, 0.6) is 5.75 Å². The molecule has 0 fully saturated rings. The molecule has 1 unspecified atom stereocenters. The van der Waals surface area contributed by atoms with Gasteiger partial charge in [0, 0.05) is 23.6 Å². The lowest BCUT2D eigenvalue weighted by atomic mass is 9.90. The Balaban J connectivity index is 1.70.